The zero-order chi connectivity index (χ0) is 10.7. The van der Waals surface area contributed by atoms with Gasteiger partial charge in [0.25, 0.3) is 0 Å². The van der Waals surface area contributed by atoms with Crippen molar-refractivity contribution in [3.8, 4) is 0 Å². The number of thioether (sulfide) groups is 1. The molecule has 3 nitrogen and oxygen atoms in total. The Hall–Kier alpha value is -0.220. The average Bonchev–Trinajstić information content (AvgIpc) is 2.50. The minimum Gasteiger partial charge on any atom is -0.481 e. The summed E-state index contributed by atoms with van der Waals surface area (Å²) in [4.78, 5) is 10.8. The number of aliphatic carboxylic acids is 1. The summed E-state index contributed by atoms with van der Waals surface area (Å²) >= 11 is 1.75. The number of carboxylic acids is 1. The largest absolute Gasteiger partial charge is 0.481 e. The first-order valence-electron chi connectivity index (χ1n) is 5.02. The summed E-state index contributed by atoms with van der Waals surface area (Å²) < 4.78 is 5.44. The highest BCUT2D eigenvalue weighted by Crippen LogP contribution is 2.32. The third-order valence-electron chi connectivity index (χ3n) is 2.79. The molecule has 0 spiro atoms. The minimum atomic E-state index is -0.712. The number of ether oxygens (including phenoxy) is 1. The molecule has 1 fully saturated rings. The number of hydrogen-bond acceptors (Lipinski definition) is 3. The van der Waals surface area contributed by atoms with Gasteiger partial charge in [0.1, 0.15) is 0 Å². The lowest BCUT2D eigenvalue weighted by molar-refractivity contribution is -0.140. The van der Waals surface area contributed by atoms with Crippen LogP contribution in [0.1, 0.15) is 27.2 Å². The molecule has 0 amide bonds. The van der Waals surface area contributed by atoms with Gasteiger partial charge in [-0.05, 0) is 13.3 Å². The summed E-state index contributed by atoms with van der Waals surface area (Å²) in [6.07, 6.45) is 1.31. The van der Waals surface area contributed by atoms with E-state index in [9.17, 15) is 4.79 Å². The van der Waals surface area contributed by atoms with Gasteiger partial charge in [-0.15, -0.1) is 0 Å². The highest BCUT2D eigenvalue weighted by atomic mass is 32.2. The number of hydrogen-bond donors (Lipinski definition) is 1. The minimum absolute atomic E-state index is 0.154. The van der Waals surface area contributed by atoms with E-state index in [1.807, 2.05) is 6.92 Å². The van der Waals surface area contributed by atoms with Crippen LogP contribution in [0.25, 0.3) is 0 Å². The summed E-state index contributed by atoms with van der Waals surface area (Å²) in [5.74, 6) is -0.996. The van der Waals surface area contributed by atoms with Crippen LogP contribution in [0.3, 0.4) is 0 Å². The van der Waals surface area contributed by atoms with Gasteiger partial charge >= 0.3 is 5.97 Å². The van der Waals surface area contributed by atoms with Crippen LogP contribution < -0.4 is 0 Å². The molecule has 0 aromatic carbocycles. The van der Waals surface area contributed by atoms with Gasteiger partial charge in [-0.25, -0.2) is 0 Å². The first-order valence-corrected chi connectivity index (χ1v) is 5.96. The predicted molar refractivity (Wildman–Crippen MR) is 57.7 cm³/mol. The molecule has 0 saturated carbocycles. The zero-order valence-corrected chi connectivity index (χ0v) is 9.71. The highest BCUT2D eigenvalue weighted by molar-refractivity contribution is 8.00. The number of rotatable bonds is 4. The molecule has 0 aliphatic carbocycles. The van der Waals surface area contributed by atoms with Crippen molar-refractivity contribution >= 4 is 17.7 Å². The summed E-state index contributed by atoms with van der Waals surface area (Å²) in [6, 6.07) is 0. The molecule has 0 aromatic heterocycles. The van der Waals surface area contributed by atoms with E-state index in [-0.39, 0.29) is 17.3 Å². The summed E-state index contributed by atoms with van der Waals surface area (Å²) in [7, 11) is 0. The van der Waals surface area contributed by atoms with E-state index < -0.39 is 5.97 Å². The van der Waals surface area contributed by atoms with Crippen molar-refractivity contribution in [2.75, 3.05) is 6.61 Å². The molecule has 4 atom stereocenters. The van der Waals surface area contributed by atoms with E-state index in [0.717, 1.165) is 13.0 Å². The summed E-state index contributed by atoms with van der Waals surface area (Å²) in [5.41, 5.74) is 0. The van der Waals surface area contributed by atoms with Crippen LogP contribution in [0, 0.1) is 5.92 Å². The molecular formula is C10H18O3S. The van der Waals surface area contributed by atoms with Gasteiger partial charge in [0.15, 0.2) is 0 Å². The van der Waals surface area contributed by atoms with Crippen molar-refractivity contribution in [3.63, 3.8) is 0 Å². The standard InChI is InChI=1S/C10H18O3S/c1-6(10(11)12)8(3)14-9-4-5-13-7(9)2/h6-9H,4-5H2,1-3H3,(H,11,12). The van der Waals surface area contributed by atoms with Gasteiger partial charge in [0, 0.05) is 17.1 Å². The van der Waals surface area contributed by atoms with E-state index in [1.165, 1.54) is 0 Å². The number of carboxylic acid groups (broad SMARTS) is 1. The highest BCUT2D eigenvalue weighted by Gasteiger charge is 2.29. The smallest absolute Gasteiger partial charge is 0.307 e. The maximum atomic E-state index is 10.8. The maximum Gasteiger partial charge on any atom is 0.307 e. The lowest BCUT2D eigenvalue weighted by Crippen LogP contribution is -2.25. The average molecular weight is 218 g/mol. The Bertz CT molecular complexity index is 208. The lowest BCUT2D eigenvalue weighted by Gasteiger charge is -2.21. The topological polar surface area (TPSA) is 46.5 Å². The SMILES string of the molecule is CC1OCCC1SC(C)C(C)C(=O)O. The Kier molecular flexibility index (Phi) is 4.26. The van der Waals surface area contributed by atoms with Crippen LogP contribution in [0.2, 0.25) is 0 Å². The molecule has 1 rings (SSSR count). The van der Waals surface area contributed by atoms with Crippen LogP contribution in [-0.4, -0.2) is 34.3 Å². The molecule has 0 bridgehead atoms. The molecule has 1 N–H and O–H groups in total. The molecule has 82 valence electrons. The quantitative estimate of drug-likeness (QED) is 0.784. The Balaban J connectivity index is 2.39. The van der Waals surface area contributed by atoms with Crippen molar-refractivity contribution < 1.29 is 14.6 Å². The molecule has 1 saturated heterocycles. The first kappa shape index (κ1) is 11.9. The van der Waals surface area contributed by atoms with Crippen molar-refractivity contribution in [2.45, 2.75) is 43.8 Å². The summed E-state index contributed by atoms with van der Waals surface area (Å²) in [5, 5.41) is 9.47. The van der Waals surface area contributed by atoms with Gasteiger partial charge in [-0.1, -0.05) is 13.8 Å². The van der Waals surface area contributed by atoms with Crippen LogP contribution in [-0.2, 0) is 9.53 Å². The van der Waals surface area contributed by atoms with Gasteiger partial charge in [-0.3, -0.25) is 4.79 Å². The van der Waals surface area contributed by atoms with Crippen molar-refractivity contribution in [1.29, 1.82) is 0 Å². The van der Waals surface area contributed by atoms with Crippen LogP contribution in [0.15, 0.2) is 0 Å². The normalized spacial score (nSPS) is 31.4. The lowest BCUT2D eigenvalue weighted by atomic mass is 10.1. The molecule has 1 aliphatic heterocycles. The van der Waals surface area contributed by atoms with Crippen molar-refractivity contribution in [1.82, 2.24) is 0 Å². The fourth-order valence-corrected chi connectivity index (χ4v) is 2.92. The molecule has 1 aliphatic rings. The molecule has 4 unspecified atom stereocenters. The molecular weight excluding hydrogens is 200 g/mol. The second-order valence-corrected chi connectivity index (χ2v) is 5.49. The van der Waals surface area contributed by atoms with Gasteiger partial charge < -0.3 is 9.84 Å². The molecule has 0 radical (unpaired) electrons. The molecule has 4 heteroatoms. The predicted octanol–water partition coefficient (Wildman–Crippen LogP) is 2.01. The third kappa shape index (κ3) is 2.89. The zero-order valence-electron chi connectivity index (χ0n) is 8.90. The number of carbonyl (C=O) groups is 1. The monoisotopic (exact) mass is 218 g/mol. The Morgan fingerprint density at radius 3 is 2.64 bits per heavy atom. The van der Waals surface area contributed by atoms with Crippen LogP contribution >= 0.6 is 11.8 Å². The van der Waals surface area contributed by atoms with Crippen molar-refractivity contribution in [3.05, 3.63) is 0 Å². The second kappa shape index (κ2) is 5.03. The van der Waals surface area contributed by atoms with E-state index in [0.29, 0.717) is 5.25 Å². The van der Waals surface area contributed by atoms with Crippen molar-refractivity contribution in [2.24, 2.45) is 5.92 Å². The van der Waals surface area contributed by atoms with Gasteiger partial charge in [0.2, 0.25) is 0 Å². The first-order chi connectivity index (χ1) is 6.52. The fraction of sp³-hybridized carbons (Fsp3) is 0.900. The maximum absolute atomic E-state index is 10.8. The molecule has 0 aromatic rings. The fourth-order valence-electron chi connectivity index (χ4n) is 1.49. The Morgan fingerprint density at radius 2 is 2.21 bits per heavy atom. The van der Waals surface area contributed by atoms with E-state index in [2.05, 4.69) is 6.92 Å². The Labute approximate surface area is 89.2 Å². The van der Waals surface area contributed by atoms with Crippen LogP contribution in [0.4, 0.5) is 0 Å². The molecule has 1 heterocycles. The van der Waals surface area contributed by atoms with Crippen LogP contribution in [0.5, 0.6) is 0 Å². The van der Waals surface area contributed by atoms with E-state index >= 15 is 0 Å². The Morgan fingerprint density at radius 1 is 1.57 bits per heavy atom. The van der Waals surface area contributed by atoms with E-state index in [4.69, 9.17) is 9.84 Å². The van der Waals surface area contributed by atoms with Gasteiger partial charge in [0.05, 0.1) is 12.0 Å². The molecule has 14 heavy (non-hydrogen) atoms. The van der Waals surface area contributed by atoms with Gasteiger partial charge in [-0.2, -0.15) is 11.8 Å². The second-order valence-electron chi connectivity index (χ2n) is 3.87. The third-order valence-corrected chi connectivity index (χ3v) is 4.60. The van der Waals surface area contributed by atoms with E-state index in [1.54, 1.807) is 18.7 Å². The summed E-state index contributed by atoms with van der Waals surface area (Å²) in [6.45, 7) is 6.62.